The summed E-state index contributed by atoms with van der Waals surface area (Å²) in [5.41, 5.74) is 2.09. The smallest absolute Gasteiger partial charge is 0.154 e. The Balaban J connectivity index is 1.77. The number of nitrogens with zero attached hydrogens (tertiary/aromatic N) is 2. The second-order valence-electron chi connectivity index (χ2n) is 6.33. The Kier molecular flexibility index (Phi) is 4.99. The van der Waals surface area contributed by atoms with Crippen molar-refractivity contribution in [3.63, 3.8) is 0 Å². The van der Waals surface area contributed by atoms with Gasteiger partial charge in [0.2, 0.25) is 0 Å². The van der Waals surface area contributed by atoms with Crippen LogP contribution in [-0.4, -0.2) is 10.2 Å². The highest BCUT2D eigenvalue weighted by molar-refractivity contribution is 5.96. The Labute approximate surface area is 162 Å². The second kappa shape index (κ2) is 7.90. The first-order valence-electron chi connectivity index (χ1n) is 8.93. The fraction of sp³-hybridized carbons (Fsp3) is 0.0435. The number of aliphatic hydroxyl groups excluding tert-OH is 1. The first kappa shape index (κ1) is 17.7. The minimum Gasteiger partial charge on any atom is -0.505 e. The quantitative estimate of drug-likeness (QED) is 0.295. The molecule has 28 heavy (non-hydrogen) atoms. The summed E-state index contributed by atoms with van der Waals surface area (Å²) in [6.45, 7) is 0. The number of para-hydroxylation sites is 1. The maximum atomic E-state index is 10.9. The summed E-state index contributed by atoms with van der Waals surface area (Å²) in [5.74, 6) is -0.102. The molecule has 0 spiro atoms. The van der Waals surface area contributed by atoms with Crippen molar-refractivity contribution in [1.82, 2.24) is 0 Å². The lowest BCUT2D eigenvalue weighted by atomic mass is 10.0. The number of benzene rings is 4. The van der Waals surface area contributed by atoms with Crippen LogP contribution in [0.2, 0.25) is 0 Å². The number of fused-ring (bicyclic) bond motifs is 1. The van der Waals surface area contributed by atoms with E-state index in [0.717, 1.165) is 16.5 Å². The van der Waals surface area contributed by atoms with Crippen LogP contribution in [0.4, 0.5) is 17.1 Å². The maximum absolute atomic E-state index is 10.9. The Morgan fingerprint density at radius 2 is 1.39 bits per heavy atom. The summed E-state index contributed by atoms with van der Waals surface area (Å²) >= 11 is 0. The van der Waals surface area contributed by atoms with Crippen molar-refractivity contribution < 1.29 is 10.2 Å². The van der Waals surface area contributed by atoms with Crippen LogP contribution < -0.4 is 5.32 Å². The first-order chi connectivity index (χ1) is 13.7. The van der Waals surface area contributed by atoms with Crippen LogP contribution in [0.15, 0.2) is 101 Å². The van der Waals surface area contributed by atoms with Crippen LogP contribution in [0.1, 0.15) is 11.8 Å². The van der Waals surface area contributed by atoms with E-state index in [2.05, 4.69) is 15.5 Å². The van der Waals surface area contributed by atoms with Crippen molar-refractivity contribution in [1.29, 1.82) is 0 Å². The van der Waals surface area contributed by atoms with Crippen LogP contribution in [0.5, 0.6) is 5.75 Å². The summed E-state index contributed by atoms with van der Waals surface area (Å²) < 4.78 is 0. The van der Waals surface area contributed by atoms with Crippen molar-refractivity contribution >= 4 is 27.8 Å². The van der Waals surface area contributed by atoms with Gasteiger partial charge in [-0.15, -0.1) is 5.11 Å². The van der Waals surface area contributed by atoms with Gasteiger partial charge in [-0.1, -0.05) is 60.7 Å². The van der Waals surface area contributed by atoms with Gasteiger partial charge < -0.3 is 15.5 Å². The van der Waals surface area contributed by atoms with Crippen molar-refractivity contribution in [2.45, 2.75) is 6.23 Å². The first-order valence-corrected chi connectivity index (χ1v) is 8.93. The van der Waals surface area contributed by atoms with Gasteiger partial charge >= 0.3 is 0 Å². The molecule has 0 aromatic heterocycles. The molecule has 4 rings (SSSR count). The lowest BCUT2D eigenvalue weighted by Crippen LogP contribution is -2.09. The Hall–Kier alpha value is -3.70. The molecule has 0 amide bonds. The molecule has 138 valence electrons. The minimum absolute atomic E-state index is 0.102. The van der Waals surface area contributed by atoms with E-state index >= 15 is 0 Å². The lowest BCUT2D eigenvalue weighted by molar-refractivity contribution is 0.204. The molecule has 0 aliphatic carbocycles. The average Bonchev–Trinajstić information content (AvgIpc) is 2.74. The van der Waals surface area contributed by atoms with Gasteiger partial charge in [0.25, 0.3) is 0 Å². The summed E-state index contributed by atoms with van der Waals surface area (Å²) in [6.07, 6.45) is -1.10. The normalized spacial score (nSPS) is 12.3. The Bertz CT molecular complexity index is 1110. The highest BCUT2D eigenvalue weighted by Crippen LogP contribution is 2.41. The number of phenols is 1. The number of nitrogens with one attached hydrogen (secondary N) is 1. The molecule has 5 heteroatoms. The molecule has 0 saturated carbocycles. The predicted octanol–water partition coefficient (Wildman–Crippen LogP) is 6.06. The van der Waals surface area contributed by atoms with Crippen molar-refractivity contribution in [3.8, 4) is 5.75 Å². The van der Waals surface area contributed by atoms with Crippen LogP contribution in [-0.2, 0) is 0 Å². The van der Waals surface area contributed by atoms with E-state index in [9.17, 15) is 10.2 Å². The number of hydrogen-bond acceptors (Lipinski definition) is 5. The Morgan fingerprint density at radius 3 is 2.14 bits per heavy atom. The number of azo groups is 1. The SMILES string of the molecule is Oc1c(C(O)Nc2ccccc2)cc2ccccc2c1N=Nc1ccccc1. The van der Waals surface area contributed by atoms with Gasteiger partial charge in [-0.3, -0.25) is 0 Å². The molecule has 0 aliphatic rings. The van der Waals surface area contributed by atoms with Gasteiger partial charge in [0, 0.05) is 16.6 Å². The molecule has 3 N–H and O–H groups in total. The highest BCUT2D eigenvalue weighted by atomic mass is 16.3. The van der Waals surface area contributed by atoms with Crippen LogP contribution in [0.3, 0.4) is 0 Å². The van der Waals surface area contributed by atoms with Gasteiger partial charge in [-0.2, -0.15) is 5.11 Å². The molecular weight excluding hydrogens is 350 g/mol. The fourth-order valence-electron chi connectivity index (χ4n) is 3.02. The number of hydrogen-bond donors (Lipinski definition) is 3. The van der Waals surface area contributed by atoms with E-state index < -0.39 is 6.23 Å². The molecule has 0 saturated heterocycles. The summed E-state index contributed by atoms with van der Waals surface area (Å²) in [6, 6.07) is 27.9. The zero-order valence-electron chi connectivity index (χ0n) is 15.0. The molecule has 5 nitrogen and oxygen atoms in total. The Morgan fingerprint density at radius 1 is 0.750 bits per heavy atom. The van der Waals surface area contributed by atoms with Gasteiger partial charge in [-0.05, 0) is 35.7 Å². The fourth-order valence-corrected chi connectivity index (χ4v) is 3.02. The van der Waals surface area contributed by atoms with E-state index in [1.54, 1.807) is 6.07 Å². The molecule has 4 aromatic carbocycles. The van der Waals surface area contributed by atoms with Crippen molar-refractivity contribution in [3.05, 3.63) is 96.6 Å². The van der Waals surface area contributed by atoms with Crippen LogP contribution in [0, 0.1) is 0 Å². The molecule has 0 bridgehead atoms. The van der Waals surface area contributed by atoms with Crippen LogP contribution in [0.25, 0.3) is 10.8 Å². The number of aliphatic hydroxyl groups is 1. The molecular formula is C23H19N3O2. The zero-order valence-corrected chi connectivity index (χ0v) is 15.0. The largest absolute Gasteiger partial charge is 0.505 e. The molecule has 1 unspecified atom stereocenters. The maximum Gasteiger partial charge on any atom is 0.154 e. The third kappa shape index (κ3) is 3.70. The van der Waals surface area contributed by atoms with Crippen molar-refractivity contribution in [2.75, 3.05) is 5.32 Å². The van der Waals surface area contributed by atoms with E-state index in [4.69, 9.17) is 0 Å². The third-order valence-corrected chi connectivity index (χ3v) is 4.42. The van der Waals surface area contributed by atoms with Gasteiger partial charge in [-0.25, -0.2) is 0 Å². The van der Waals surface area contributed by atoms with E-state index in [-0.39, 0.29) is 5.75 Å². The van der Waals surface area contributed by atoms with E-state index in [1.165, 1.54) is 0 Å². The number of rotatable bonds is 5. The summed E-state index contributed by atoms with van der Waals surface area (Å²) in [7, 11) is 0. The topological polar surface area (TPSA) is 77.2 Å². The second-order valence-corrected chi connectivity index (χ2v) is 6.33. The van der Waals surface area contributed by atoms with Gasteiger partial charge in [0.05, 0.1) is 5.69 Å². The molecule has 0 fully saturated rings. The number of anilines is 1. The number of aromatic hydroxyl groups is 1. The van der Waals surface area contributed by atoms with Gasteiger partial charge in [0.1, 0.15) is 5.69 Å². The highest BCUT2D eigenvalue weighted by Gasteiger charge is 2.18. The average molecular weight is 369 g/mol. The predicted molar refractivity (Wildman–Crippen MR) is 111 cm³/mol. The monoisotopic (exact) mass is 369 g/mol. The lowest BCUT2D eigenvalue weighted by Gasteiger charge is -2.18. The molecule has 0 radical (unpaired) electrons. The third-order valence-electron chi connectivity index (χ3n) is 4.42. The number of phenolic OH excluding ortho intramolecular Hbond substituents is 1. The van der Waals surface area contributed by atoms with Crippen LogP contribution >= 0.6 is 0 Å². The molecule has 1 atom stereocenters. The van der Waals surface area contributed by atoms with E-state index in [1.807, 2.05) is 84.9 Å². The summed E-state index contributed by atoms with van der Waals surface area (Å²) in [5, 5.41) is 34.7. The molecule has 0 aliphatic heterocycles. The van der Waals surface area contributed by atoms with Gasteiger partial charge in [0.15, 0.2) is 12.0 Å². The van der Waals surface area contributed by atoms with Crippen molar-refractivity contribution in [2.24, 2.45) is 10.2 Å². The summed E-state index contributed by atoms with van der Waals surface area (Å²) in [4.78, 5) is 0. The minimum atomic E-state index is -1.10. The molecule has 0 heterocycles. The van der Waals surface area contributed by atoms with E-state index in [0.29, 0.717) is 16.9 Å². The molecule has 4 aromatic rings. The standard InChI is InChI=1S/C23H19N3O2/c27-22-20(23(28)24-17-10-3-1-4-11-17)15-16-9-7-8-14-19(16)21(22)26-25-18-12-5-2-6-13-18/h1-15,23-24,27-28H. The zero-order chi connectivity index (χ0) is 19.3.